The highest BCUT2D eigenvalue weighted by Gasteiger charge is 2.59. The lowest BCUT2D eigenvalue weighted by Gasteiger charge is -1.97. The largest absolute Gasteiger partial charge is 0.457 e. The van der Waals surface area contributed by atoms with Crippen molar-refractivity contribution >= 4 is 57.2 Å². The van der Waals surface area contributed by atoms with Crippen LogP contribution in [0.3, 0.4) is 0 Å². The van der Waals surface area contributed by atoms with Crippen molar-refractivity contribution in [1.29, 1.82) is 0 Å². The molecule has 5 nitrogen and oxygen atoms in total. The van der Waals surface area contributed by atoms with Crippen LogP contribution in [0.5, 0.6) is 0 Å². The second kappa shape index (κ2) is 7.48. The van der Waals surface area contributed by atoms with E-state index in [1.54, 1.807) is 12.1 Å². The van der Waals surface area contributed by atoms with E-state index in [0.29, 0.717) is 31.9 Å². The summed E-state index contributed by atoms with van der Waals surface area (Å²) in [4.78, 5) is 18.0. The van der Waals surface area contributed by atoms with Crippen LogP contribution in [0.25, 0.3) is 22.4 Å². The van der Waals surface area contributed by atoms with Crippen LogP contribution in [0.15, 0.2) is 56.2 Å². The van der Waals surface area contributed by atoms with Gasteiger partial charge in [0.1, 0.15) is 20.5 Å². The number of thiazole rings is 1. The van der Waals surface area contributed by atoms with Gasteiger partial charge in [-0.05, 0) is 41.7 Å². The Bertz CT molecular complexity index is 1450. The van der Waals surface area contributed by atoms with Gasteiger partial charge in [0.05, 0.1) is 0 Å². The standard InChI is InChI=1S/C22H16Cl3N3O2S/c1-22(2)14(10-17(24)25)18(22)19-26-21-28(27-19)20(29)16(31-21)9-13-6-7-15(30-13)11-4-3-5-12(23)8-11/h3-10,14,18H,1-2H3/b16-9+/t14-,18-/m1/s1. The summed E-state index contributed by atoms with van der Waals surface area (Å²) >= 11 is 19.0. The molecule has 1 aliphatic rings. The lowest BCUT2D eigenvalue weighted by atomic mass is 10.1. The quantitative estimate of drug-likeness (QED) is 0.368. The molecular formula is C22H16Cl3N3O2S. The molecule has 31 heavy (non-hydrogen) atoms. The Morgan fingerprint density at radius 1 is 1.26 bits per heavy atom. The van der Waals surface area contributed by atoms with Gasteiger partial charge in [-0.15, -0.1) is 5.10 Å². The van der Waals surface area contributed by atoms with Gasteiger partial charge in [-0.3, -0.25) is 4.79 Å². The third-order valence-electron chi connectivity index (χ3n) is 5.70. The van der Waals surface area contributed by atoms with Crippen LogP contribution in [-0.2, 0) is 0 Å². The number of rotatable bonds is 4. The molecule has 0 N–H and O–H groups in total. The van der Waals surface area contributed by atoms with E-state index in [1.807, 2.05) is 36.4 Å². The van der Waals surface area contributed by atoms with Crippen LogP contribution < -0.4 is 10.1 Å². The van der Waals surface area contributed by atoms with Crippen molar-refractivity contribution in [2.75, 3.05) is 0 Å². The zero-order chi connectivity index (χ0) is 21.9. The minimum absolute atomic E-state index is 0.0605. The highest BCUT2D eigenvalue weighted by Crippen LogP contribution is 2.64. The Morgan fingerprint density at radius 2 is 2.06 bits per heavy atom. The van der Waals surface area contributed by atoms with Crippen molar-refractivity contribution in [1.82, 2.24) is 14.6 Å². The fourth-order valence-electron chi connectivity index (χ4n) is 3.95. The van der Waals surface area contributed by atoms with E-state index >= 15 is 0 Å². The molecule has 0 amide bonds. The number of benzene rings is 1. The van der Waals surface area contributed by atoms with Crippen LogP contribution in [0.2, 0.25) is 5.02 Å². The maximum absolute atomic E-state index is 12.9. The number of nitrogens with zero attached hydrogens (tertiary/aromatic N) is 3. The zero-order valence-corrected chi connectivity index (χ0v) is 19.6. The van der Waals surface area contributed by atoms with Gasteiger partial charge in [0.15, 0.2) is 5.82 Å². The summed E-state index contributed by atoms with van der Waals surface area (Å²) in [5.74, 6) is 2.10. The summed E-state index contributed by atoms with van der Waals surface area (Å²) in [6.07, 6.45) is 3.52. The summed E-state index contributed by atoms with van der Waals surface area (Å²) in [5.41, 5.74) is 0.587. The monoisotopic (exact) mass is 491 g/mol. The second-order valence-electron chi connectivity index (χ2n) is 8.07. The van der Waals surface area contributed by atoms with E-state index in [2.05, 4.69) is 23.9 Å². The minimum Gasteiger partial charge on any atom is -0.457 e. The number of aromatic nitrogens is 3. The lowest BCUT2D eigenvalue weighted by Crippen LogP contribution is -2.23. The average molecular weight is 493 g/mol. The molecule has 5 rings (SSSR count). The molecule has 0 bridgehead atoms. The first-order valence-electron chi connectivity index (χ1n) is 9.54. The fraction of sp³-hybridized carbons (Fsp3) is 0.227. The molecule has 9 heteroatoms. The van der Waals surface area contributed by atoms with Crippen LogP contribution in [0.1, 0.15) is 31.4 Å². The summed E-state index contributed by atoms with van der Waals surface area (Å²) in [5, 5.41) is 5.11. The molecule has 0 radical (unpaired) electrons. The third-order valence-corrected chi connectivity index (χ3v) is 7.15. The molecular weight excluding hydrogens is 477 g/mol. The summed E-state index contributed by atoms with van der Waals surface area (Å²) in [6.45, 7) is 4.22. The summed E-state index contributed by atoms with van der Waals surface area (Å²) in [6, 6.07) is 11.1. The van der Waals surface area contributed by atoms with Gasteiger partial charge < -0.3 is 4.42 Å². The number of halogens is 3. The molecule has 158 valence electrons. The Kier molecular flexibility index (Phi) is 5.01. The van der Waals surface area contributed by atoms with E-state index in [-0.39, 0.29) is 27.3 Å². The van der Waals surface area contributed by atoms with Crippen molar-refractivity contribution in [3.8, 4) is 11.3 Å². The number of allylic oxidation sites excluding steroid dienone is 1. The molecule has 1 aliphatic carbocycles. The van der Waals surface area contributed by atoms with Crippen molar-refractivity contribution in [2.45, 2.75) is 19.8 Å². The lowest BCUT2D eigenvalue weighted by molar-refractivity contribution is 0.571. The molecule has 1 aromatic carbocycles. The highest BCUT2D eigenvalue weighted by molar-refractivity contribution is 7.15. The maximum atomic E-state index is 12.9. The van der Waals surface area contributed by atoms with Crippen LogP contribution in [0, 0.1) is 11.3 Å². The van der Waals surface area contributed by atoms with Gasteiger partial charge in [-0.1, -0.05) is 72.1 Å². The van der Waals surface area contributed by atoms with Crippen molar-refractivity contribution in [3.63, 3.8) is 0 Å². The Hall–Kier alpha value is -2.12. The molecule has 0 spiro atoms. The highest BCUT2D eigenvalue weighted by atomic mass is 35.5. The van der Waals surface area contributed by atoms with Gasteiger partial charge in [-0.2, -0.15) is 4.52 Å². The number of furan rings is 1. The predicted octanol–water partition coefficient (Wildman–Crippen LogP) is 5.67. The molecule has 0 aliphatic heterocycles. The first kappa shape index (κ1) is 20.8. The zero-order valence-electron chi connectivity index (χ0n) is 16.5. The van der Waals surface area contributed by atoms with Crippen molar-refractivity contribution in [2.24, 2.45) is 11.3 Å². The topological polar surface area (TPSA) is 60.4 Å². The summed E-state index contributed by atoms with van der Waals surface area (Å²) < 4.78 is 7.97. The van der Waals surface area contributed by atoms with E-state index in [0.717, 1.165) is 5.56 Å². The molecule has 0 unspecified atom stereocenters. The Balaban J connectivity index is 1.47. The van der Waals surface area contributed by atoms with Gasteiger partial charge in [0, 0.05) is 22.6 Å². The smallest absolute Gasteiger partial charge is 0.291 e. The molecule has 4 aromatic rings. The van der Waals surface area contributed by atoms with Crippen molar-refractivity contribution in [3.05, 3.63) is 78.5 Å². The first-order chi connectivity index (χ1) is 14.7. The number of hydrogen-bond acceptors (Lipinski definition) is 5. The Labute approximate surface area is 196 Å². The summed E-state index contributed by atoms with van der Waals surface area (Å²) in [7, 11) is 0. The molecule has 1 fully saturated rings. The van der Waals surface area contributed by atoms with E-state index in [1.165, 1.54) is 15.9 Å². The minimum atomic E-state index is -0.222. The van der Waals surface area contributed by atoms with E-state index in [9.17, 15) is 4.79 Å². The molecule has 1 saturated carbocycles. The normalized spacial score (nSPS) is 20.4. The molecule has 0 saturated heterocycles. The van der Waals surface area contributed by atoms with Crippen molar-refractivity contribution < 1.29 is 4.42 Å². The maximum Gasteiger partial charge on any atom is 0.291 e. The van der Waals surface area contributed by atoms with Gasteiger partial charge in [0.2, 0.25) is 4.96 Å². The van der Waals surface area contributed by atoms with Gasteiger partial charge in [-0.25, -0.2) is 4.98 Å². The Morgan fingerprint density at radius 3 is 2.77 bits per heavy atom. The fourth-order valence-corrected chi connectivity index (χ4v) is 5.31. The van der Waals surface area contributed by atoms with Gasteiger partial charge in [0.25, 0.3) is 5.56 Å². The van der Waals surface area contributed by atoms with Crippen LogP contribution in [0.4, 0.5) is 0 Å². The second-order valence-corrected chi connectivity index (χ2v) is 10.5. The van der Waals surface area contributed by atoms with Crippen LogP contribution in [-0.4, -0.2) is 14.6 Å². The number of fused-ring (bicyclic) bond motifs is 1. The molecule has 3 aromatic heterocycles. The predicted molar refractivity (Wildman–Crippen MR) is 125 cm³/mol. The SMILES string of the molecule is CC1(C)[C@H](C=C(Cl)Cl)[C@@H]1c1nc2s/c(=C/c3ccc(-c4cccc(Cl)c4)o3)c(=O)n2n1. The average Bonchev–Trinajstić information content (AvgIpc) is 3.16. The van der Waals surface area contributed by atoms with E-state index in [4.69, 9.17) is 39.2 Å². The van der Waals surface area contributed by atoms with Crippen LogP contribution >= 0.6 is 46.1 Å². The molecule has 3 heterocycles. The van der Waals surface area contributed by atoms with E-state index < -0.39 is 0 Å². The van der Waals surface area contributed by atoms with Gasteiger partial charge >= 0.3 is 0 Å². The molecule has 2 atom stereocenters. The third kappa shape index (κ3) is 3.72. The first-order valence-corrected chi connectivity index (χ1v) is 11.5. The number of hydrogen-bond donors (Lipinski definition) is 0.